The zero-order valence-electron chi connectivity index (χ0n) is 16.2. The van der Waals surface area contributed by atoms with Crippen molar-refractivity contribution in [1.82, 2.24) is 18.5 Å². The van der Waals surface area contributed by atoms with Gasteiger partial charge in [0.2, 0.25) is 5.91 Å². The van der Waals surface area contributed by atoms with Crippen LogP contribution in [0.25, 0.3) is 21.5 Å². The number of halogens is 1. The first-order valence-corrected chi connectivity index (χ1v) is 10.5. The number of anilines is 1. The Morgan fingerprint density at radius 1 is 1.23 bits per heavy atom. The maximum atomic E-state index is 14.2. The van der Waals surface area contributed by atoms with Gasteiger partial charge in [0.25, 0.3) is 5.56 Å². The molecule has 11 heteroatoms. The van der Waals surface area contributed by atoms with E-state index < -0.39 is 17.2 Å². The Morgan fingerprint density at radius 2 is 2.00 bits per heavy atom. The van der Waals surface area contributed by atoms with Crippen LogP contribution in [0.3, 0.4) is 0 Å². The molecule has 4 aromatic rings. The second-order valence-electron chi connectivity index (χ2n) is 6.76. The van der Waals surface area contributed by atoms with Crippen molar-refractivity contribution in [2.24, 2.45) is 14.1 Å². The zero-order valence-corrected chi connectivity index (χ0v) is 17.9. The predicted octanol–water partition coefficient (Wildman–Crippen LogP) is 2.45. The maximum Gasteiger partial charge on any atom is 0.331 e. The molecule has 0 fully saturated rings. The standard InChI is InChI=1S/C19H16FN5O3S2/c1-9-4-5-10(11(20)6-9)13-8-29-18(21-13)22-14(26)7-12-15-16(27)24(2)19(28)25(3)17(15)30-23-12/h4-6,8H,7H2,1-3H3,(H,21,22,26). The lowest BCUT2D eigenvalue weighted by atomic mass is 10.1. The SMILES string of the molecule is Cc1ccc(-c2csc(NC(=O)Cc3nsc4c3c(=O)n(C)c(=O)n4C)n2)c(F)c1. The van der Waals surface area contributed by atoms with Crippen molar-refractivity contribution in [3.05, 3.63) is 61.5 Å². The molecule has 0 aliphatic rings. The molecule has 3 aromatic heterocycles. The fraction of sp³-hybridized carbons (Fsp3) is 0.211. The molecular formula is C19H16FN5O3S2. The van der Waals surface area contributed by atoms with E-state index in [4.69, 9.17) is 0 Å². The number of rotatable bonds is 4. The number of nitrogens with zero attached hydrogens (tertiary/aromatic N) is 4. The number of fused-ring (bicyclic) bond motifs is 1. The number of aryl methyl sites for hydroxylation is 2. The molecule has 3 heterocycles. The van der Waals surface area contributed by atoms with E-state index in [2.05, 4.69) is 14.7 Å². The molecule has 0 atom stereocenters. The lowest BCUT2D eigenvalue weighted by molar-refractivity contribution is -0.115. The fourth-order valence-electron chi connectivity index (χ4n) is 3.04. The number of hydrogen-bond acceptors (Lipinski definition) is 7. The molecular weight excluding hydrogens is 429 g/mol. The van der Waals surface area contributed by atoms with Crippen molar-refractivity contribution >= 4 is 44.1 Å². The number of aromatic nitrogens is 4. The van der Waals surface area contributed by atoms with Gasteiger partial charge in [0, 0.05) is 25.0 Å². The van der Waals surface area contributed by atoms with Crippen molar-refractivity contribution in [3.8, 4) is 11.3 Å². The van der Waals surface area contributed by atoms with Crippen LogP contribution in [0.4, 0.5) is 9.52 Å². The maximum absolute atomic E-state index is 14.2. The molecule has 0 aliphatic carbocycles. The summed E-state index contributed by atoms with van der Waals surface area (Å²) in [5, 5.41) is 4.88. The molecule has 0 radical (unpaired) electrons. The summed E-state index contributed by atoms with van der Waals surface area (Å²) < 4.78 is 20.7. The summed E-state index contributed by atoms with van der Waals surface area (Å²) in [5.41, 5.74) is 0.939. The monoisotopic (exact) mass is 445 g/mol. The van der Waals surface area contributed by atoms with Gasteiger partial charge in [-0.1, -0.05) is 6.07 Å². The third kappa shape index (κ3) is 3.46. The van der Waals surface area contributed by atoms with Gasteiger partial charge >= 0.3 is 5.69 Å². The van der Waals surface area contributed by atoms with Gasteiger partial charge in [0.15, 0.2) is 5.13 Å². The molecule has 0 saturated carbocycles. The smallest absolute Gasteiger partial charge is 0.302 e. The average molecular weight is 446 g/mol. The Balaban J connectivity index is 1.57. The quantitative estimate of drug-likeness (QED) is 0.520. The lowest BCUT2D eigenvalue weighted by Gasteiger charge is -2.04. The number of thiazole rings is 1. The molecule has 30 heavy (non-hydrogen) atoms. The molecule has 154 valence electrons. The van der Waals surface area contributed by atoms with Crippen LogP contribution in [0.5, 0.6) is 0 Å². The zero-order chi connectivity index (χ0) is 21.6. The van der Waals surface area contributed by atoms with Gasteiger partial charge < -0.3 is 5.32 Å². The second-order valence-corrected chi connectivity index (χ2v) is 8.37. The van der Waals surface area contributed by atoms with Crippen molar-refractivity contribution < 1.29 is 9.18 Å². The Kier molecular flexibility index (Phi) is 5.08. The third-order valence-electron chi connectivity index (χ3n) is 4.62. The third-order valence-corrected chi connectivity index (χ3v) is 6.34. The van der Waals surface area contributed by atoms with Gasteiger partial charge in [0.05, 0.1) is 23.2 Å². The molecule has 4 rings (SSSR count). The number of carbonyl (C=O) groups is 1. The van der Waals surface area contributed by atoms with Crippen LogP contribution < -0.4 is 16.6 Å². The average Bonchev–Trinajstić information content (AvgIpc) is 3.32. The first-order valence-electron chi connectivity index (χ1n) is 8.82. The van der Waals surface area contributed by atoms with Crippen molar-refractivity contribution in [2.45, 2.75) is 13.3 Å². The first-order chi connectivity index (χ1) is 14.3. The second kappa shape index (κ2) is 7.58. The summed E-state index contributed by atoms with van der Waals surface area (Å²) in [4.78, 5) is 41.7. The highest BCUT2D eigenvalue weighted by atomic mass is 32.1. The Morgan fingerprint density at radius 3 is 2.73 bits per heavy atom. The summed E-state index contributed by atoms with van der Waals surface area (Å²) in [6.45, 7) is 1.80. The van der Waals surface area contributed by atoms with E-state index in [1.165, 1.54) is 29.0 Å². The van der Waals surface area contributed by atoms with E-state index in [9.17, 15) is 18.8 Å². The minimum Gasteiger partial charge on any atom is -0.302 e. The van der Waals surface area contributed by atoms with Crippen LogP contribution >= 0.6 is 22.9 Å². The molecule has 0 aliphatic heterocycles. The Hall–Kier alpha value is -3.18. The number of amides is 1. The van der Waals surface area contributed by atoms with E-state index >= 15 is 0 Å². The highest BCUT2D eigenvalue weighted by Gasteiger charge is 2.19. The van der Waals surface area contributed by atoms with E-state index in [0.717, 1.165) is 21.7 Å². The molecule has 0 spiro atoms. The predicted molar refractivity (Wildman–Crippen MR) is 115 cm³/mol. The van der Waals surface area contributed by atoms with Crippen molar-refractivity contribution in [3.63, 3.8) is 0 Å². The first kappa shape index (κ1) is 20.1. The summed E-state index contributed by atoms with van der Waals surface area (Å²) in [6.07, 6.45) is -0.152. The van der Waals surface area contributed by atoms with Gasteiger partial charge in [-0.25, -0.2) is 14.2 Å². The highest BCUT2D eigenvalue weighted by molar-refractivity contribution is 7.14. The van der Waals surface area contributed by atoms with E-state index in [1.54, 1.807) is 31.5 Å². The summed E-state index contributed by atoms with van der Waals surface area (Å²) in [7, 11) is 2.93. The summed E-state index contributed by atoms with van der Waals surface area (Å²) in [5.74, 6) is -0.794. The number of nitrogens with one attached hydrogen (secondary N) is 1. The Bertz CT molecular complexity index is 1420. The molecule has 1 amide bonds. The molecule has 1 aromatic carbocycles. The Labute approximate surface area is 177 Å². The van der Waals surface area contributed by atoms with Crippen LogP contribution in [0.2, 0.25) is 0 Å². The van der Waals surface area contributed by atoms with Crippen molar-refractivity contribution in [2.75, 3.05) is 5.32 Å². The molecule has 0 unspecified atom stereocenters. The topological polar surface area (TPSA) is 98.9 Å². The van der Waals surface area contributed by atoms with Gasteiger partial charge in [0.1, 0.15) is 10.6 Å². The van der Waals surface area contributed by atoms with E-state index in [1.807, 2.05) is 0 Å². The van der Waals surface area contributed by atoms with E-state index in [0.29, 0.717) is 26.9 Å². The molecule has 1 N–H and O–H groups in total. The largest absolute Gasteiger partial charge is 0.331 e. The minimum atomic E-state index is -0.490. The number of benzene rings is 1. The number of carbonyl (C=O) groups excluding carboxylic acids is 1. The van der Waals surface area contributed by atoms with Crippen LogP contribution in [0.15, 0.2) is 33.2 Å². The summed E-state index contributed by atoms with van der Waals surface area (Å²) in [6, 6.07) is 4.86. The van der Waals surface area contributed by atoms with Crippen molar-refractivity contribution in [1.29, 1.82) is 0 Å². The molecule has 8 nitrogen and oxygen atoms in total. The lowest BCUT2D eigenvalue weighted by Crippen LogP contribution is -2.36. The van der Waals surface area contributed by atoms with Gasteiger partial charge in [-0.15, -0.1) is 11.3 Å². The normalized spacial score (nSPS) is 11.2. The molecule has 0 bridgehead atoms. The van der Waals surface area contributed by atoms with Crippen LogP contribution in [0, 0.1) is 12.7 Å². The minimum absolute atomic E-state index is 0.152. The van der Waals surface area contributed by atoms with Crippen LogP contribution in [-0.4, -0.2) is 24.4 Å². The van der Waals surface area contributed by atoms with Crippen LogP contribution in [0.1, 0.15) is 11.3 Å². The highest BCUT2D eigenvalue weighted by Crippen LogP contribution is 2.28. The van der Waals surface area contributed by atoms with E-state index in [-0.39, 0.29) is 17.6 Å². The fourth-order valence-corrected chi connectivity index (χ4v) is 4.62. The van der Waals surface area contributed by atoms with Gasteiger partial charge in [-0.3, -0.25) is 18.7 Å². The summed E-state index contributed by atoms with van der Waals surface area (Å²) >= 11 is 2.17. The van der Waals surface area contributed by atoms with Gasteiger partial charge in [-0.2, -0.15) is 4.37 Å². The number of hydrogen-bond donors (Lipinski definition) is 1. The molecule has 0 saturated heterocycles. The van der Waals surface area contributed by atoms with Gasteiger partial charge in [-0.05, 0) is 36.2 Å². The van der Waals surface area contributed by atoms with Crippen LogP contribution in [-0.2, 0) is 25.3 Å².